The van der Waals surface area contributed by atoms with Gasteiger partial charge in [0.1, 0.15) is 25.1 Å². The van der Waals surface area contributed by atoms with Gasteiger partial charge in [0.15, 0.2) is 11.2 Å². The number of fused-ring (bicyclic) bond motifs is 1. The number of imidazole rings is 1. The highest BCUT2D eigenvalue weighted by atomic mass is 16.6. The number of benzene rings is 1. The van der Waals surface area contributed by atoms with Gasteiger partial charge in [0, 0.05) is 18.5 Å². The predicted molar refractivity (Wildman–Crippen MR) is 119 cm³/mol. The summed E-state index contributed by atoms with van der Waals surface area (Å²) in [6, 6.07) is 8.72. The second-order valence-corrected chi connectivity index (χ2v) is 8.84. The first-order valence-electron chi connectivity index (χ1n) is 11.2. The average Bonchev–Trinajstić information content (AvgIpc) is 3.37. The van der Waals surface area contributed by atoms with E-state index in [2.05, 4.69) is 15.0 Å². The minimum atomic E-state index is -1.34. The van der Waals surface area contributed by atoms with Gasteiger partial charge >= 0.3 is 6.09 Å². The average molecular weight is 469 g/mol. The third-order valence-electron chi connectivity index (χ3n) is 7.15. The van der Waals surface area contributed by atoms with Crippen molar-refractivity contribution in [1.29, 1.82) is 0 Å². The summed E-state index contributed by atoms with van der Waals surface area (Å²) in [4.78, 5) is 26.9. The Morgan fingerprint density at radius 1 is 1.09 bits per heavy atom. The van der Waals surface area contributed by atoms with Gasteiger partial charge in [-0.25, -0.2) is 14.8 Å². The summed E-state index contributed by atoms with van der Waals surface area (Å²) >= 11 is 0. The zero-order valence-electron chi connectivity index (χ0n) is 18.7. The van der Waals surface area contributed by atoms with Crippen LogP contribution in [0.3, 0.4) is 0 Å². The number of carbonyl (C=O) groups excluding carboxylic acids is 1. The van der Waals surface area contributed by atoms with Gasteiger partial charge in [0.25, 0.3) is 0 Å². The molecule has 1 saturated heterocycles. The number of hydrogen-bond acceptors (Lipinski definition) is 9. The summed E-state index contributed by atoms with van der Waals surface area (Å²) in [5.74, 6) is 0.294. The van der Waals surface area contributed by atoms with Crippen molar-refractivity contribution in [2.45, 2.75) is 43.8 Å². The van der Waals surface area contributed by atoms with Gasteiger partial charge in [-0.05, 0) is 18.4 Å². The molecule has 0 unspecified atom stereocenters. The molecule has 2 aliphatic rings. The summed E-state index contributed by atoms with van der Waals surface area (Å²) < 4.78 is 12.4. The Morgan fingerprint density at radius 2 is 1.82 bits per heavy atom. The maximum absolute atomic E-state index is 12.6. The summed E-state index contributed by atoms with van der Waals surface area (Å²) in [6.45, 7) is 0.795. The molecule has 1 spiro atoms. The van der Waals surface area contributed by atoms with Crippen molar-refractivity contribution in [2.75, 3.05) is 20.2 Å². The van der Waals surface area contributed by atoms with Gasteiger partial charge in [-0.1, -0.05) is 30.3 Å². The molecule has 1 aliphatic carbocycles. The Bertz CT molecular complexity index is 1160. The van der Waals surface area contributed by atoms with E-state index in [-0.39, 0.29) is 6.61 Å². The Hall–Kier alpha value is -3.28. The van der Waals surface area contributed by atoms with Crippen LogP contribution in [-0.2, 0) is 11.3 Å². The summed E-state index contributed by atoms with van der Waals surface area (Å²) in [5, 5.41) is 32.6. The van der Waals surface area contributed by atoms with Crippen molar-refractivity contribution in [3.8, 4) is 5.88 Å². The molecule has 3 heterocycles. The van der Waals surface area contributed by atoms with E-state index in [1.54, 1.807) is 9.47 Å². The second kappa shape index (κ2) is 8.82. The van der Waals surface area contributed by atoms with Gasteiger partial charge in [-0.2, -0.15) is 4.98 Å². The molecule has 0 radical (unpaired) electrons. The van der Waals surface area contributed by atoms with Crippen LogP contribution < -0.4 is 4.74 Å². The van der Waals surface area contributed by atoms with E-state index in [9.17, 15) is 20.1 Å². The van der Waals surface area contributed by atoms with Crippen molar-refractivity contribution < 1.29 is 29.6 Å². The first kappa shape index (κ1) is 22.5. The lowest BCUT2D eigenvalue weighted by Gasteiger charge is -2.44. The van der Waals surface area contributed by atoms with Crippen molar-refractivity contribution in [1.82, 2.24) is 24.4 Å². The number of nitrogens with zero attached hydrogens (tertiary/aromatic N) is 5. The van der Waals surface area contributed by atoms with Gasteiger partial charge in [0.2, 0.25) is 5.88 Å². The fourth-order valence-corrected chi connectivity index (χ4v) is 5.36. The van der Waals surface area contributed by atoms with Crippen molar-refractivity contribution in [3.63, 3.8) is 0 Å². The zero-order valence-corrected chi connectivity index (χ0v) is 18.7. The Morgan fingerprint density at radius 3 is 2.53 bits per heavy atom. The van der Waals surface area contributed by atoms with Crippen LogP contribution in [0.5, 0.6) is 5.88 Å². The normalized spacial score (nSPS) is 26.2. The van der Waals surface area contributed by atoms with Gasteiger partial charge in [-0.15, -0.1) is 0 Å². The molecule has 11 heteroatoms. The van der Waals surface area contributed by atoms with Crippen LogP contribution in [0.4, 0.5) is 4.79 Å². The summed E-state index contributed by atoms with van der Waals surface area (Å²) in [6.07, 6.45) is -0.642. The fourth-order valence-electron chi connectivity index (χ4n) is 5.36. The molecule has 5 rings (SSSR count). The van der Waals surface area contributed by atoms with Crippen molar-refractivity contribution in [3.05, 3.63) is 48.5 Å². The molecule has 1 aliphatic heterocycles. The quantitative estimate of drug-likeness (QED) is 0.508. The number of likely N-dealkylation sites (tertiary alicyclic amines) is 1. The number of carbonyl (C=O) groups is 1. The molecule has 2 aromatic heterocycles. The van der Waals surface area contributed by atoms with Crippen molar-refractivity contribution >= 4 is 17.3 Å². The molecule has 34 heavy (non-hydrogen) atoms. The van der Waals surface area contributed by atoms with Crippen molar-refractivity contribution in [2.24, 2.45) is 5.41 Å². The highest BCUT2D eigenvalue weighted by Crippen LogP contribution is 2.54. The maximum atomic E-state index is 12.6. The van der Waals surface area contributed by atoms with E-state index in [0.717, 1.165) is 5.56 Å². The Balaban J connectivity index is 1.37. The summed E-state index contributed by atoms with van der Waals surface area (Å²) in [7, 11) is 1.48. The first-order chi connectivity index (χ1) is 16.5. The predicted octanol–water partition coefficient (Wildman–Crippen LogP) is 0.891. The number of hydrogen-bond donors (Lipinski definition) is 3. The minimum Gasteiger partial charge on any atom is -0.479 e. The molecule has 1 saturated carbocycles. The van der Waals surface area contributed by atoms with E-state index in [4.69, 9.17) is 9.47 Å². The molecule has 11 nitrogen and oxygen atoms in total. The first-order valence-corrected chi connectivity index (χ1v) is 11.2. The van der Waals surface area contributed by atoms with Crippen LogP contribution in [0.15, 0.2) is 43.0 Å². The molecule has 180 valence electrons. The molecular weight excluding hydrogens is 442 g/mol. The fraction of sp³-hybridized carbons (Fsp3) is 0.478. The van der Waals surface area contributed by atoms with Gasteiger partial charge in [0.05, 0.1) is 25.6 Å². The highest BCUT2D eigenvalue weighted by Gasteiger charge is 2.61. The minimum absolute atomic E-state index is 0.173. The Kier molecular flexibility index (Phi) is 5.84. The lowest BCUT2D eigenvalue weighted by molar-refractivity contribution is -0.0623. The van der Waals surface area contributed by atoms with Crippen LogP contribution in [0.2, 0.25) is 0 Å². The van der Waals surface area contributed by atoms with E-state index in [1.807, 2.05) is 30.3 Å². The van der Waals surface area contributed by atoms with E-state index in [0.29, 0.717) is 43.0 Å². The van der Waals surface area contributed by atoms with Gasteiger partial charge in [-0.3, -0.25) is 0 Å². The Labute approximate surface area is 195 Å². The molecular formula is C23H27N5O6. The van der Waals surface area contributed by atoms with E-state index < -0.39 is 35.9 Å². The standard InChI is InChI=1S/C23H27N5O6/c1-33-21-15-20(24-12-25-21)28(13-26-15)18-16(29)17(30)19(31)23(18)7-9-27(10-8-23)22(32)34-11-14-5-3-2-4-6-14/h2-6,12-13,16-19,29-31H,7-11H2,1H3/t16-,17+,18+,19-/m1/s1. The molecule has 0 bridgehead atoms. The number of aromatic nitrogens is 4. The van der Waals surface area contributed by atoms with Crippen LogP contribution in [-0.4, -0.2) is 84.3 Å². The molecule has 3 N–H and O–H groups in total. The zero-order chi connectivity index (χ0) is 23.9. The number of ether oxygens (including phenoxy) is 2. The number of aliphatic hydroxyl groups excluding tert-OH is 3. The van der Waals surface area contributed by atoms with Crippen LogP contribution in [0.1, 0.15) is 24.4 Å². The molecule has 4 atom stereocenters. The van der Waals surface area contributed by atoms with E-state index in [1.165, 1.54) is 19.8 Å². The highest BCUT2D eigenvalue weighted by molar-refractivity contribution is 5.76. The second-order valence-electron chi connectivity index (χ2n) is 8.84. The molecule has 1 aromatic carbocycles. The third-order valence-corrected chi connectivity index (χ3v) is 7.15. The number of aliphatic hydroxyl groups is 3. The van der Waals surface area contributed by atoms with Crippen LogP contribution in [0, 0.1) is 5.41 Å². The number of methoxy groups -OCH3 is 1. The number of amides is 1. The molecule has 2 fully saturated rings. The summed E-state index contributed by atoms with van der Waals surface area (Å²) in [5.41, 5.74) is 0.860. The SMILES string of the molecule is COc1ncnc2c1ncn2[C@H]1[C@H](O)[C@H](O)[C@@H](O)C12CCN(C(=O)OCc1ccccc1)CC2. The molecule has 1 amide bonds. The van der Waals surface area contributed by atoms with Crippen LogP contribution >= 0.6 is 0 Å². The van der Waals surface area contributed by atoms with Gasteiger partial charge < -0.3 is 34.3 Å². The van der Waals surface area contributed by atoms with E-state index >= 15 is 0 Å². The number of rotatable bonds is 4. The smallest absolute Gasteiger partial charge is 0.410 e. The topological polar surface area (TPSA) is 143 Å². The third kappa shape index (κ3) is 3.56. The molecule has 3 aromatic rings. The largest absolute Gasteiger partial charge is 0.479 e. The monoisotopic (exact) mass is 469 g/mol. The number of piperidine rings is 1. The van der Waals surface area contributed by atoms with Crippen LogP contribution in [0.25, 0.3) is 11.2 Å². The lowest BCUT2D eigenvalue weighted by atomic mass is 9.72. The lowest BCUT2D eigenvalue weighted by Crippen LogP contribution is -2.50. The maximum Gasteiger partial charge on any atom is 0.410 e.